The first-order valence-corrected chi connectivity index (χ1v) is 6.05. The van der Waals surface area contributed by atoms with Crippen LogP contribution in [-0.2, 0) is 0 Å². The SMILES string of the molecule is O=[N+]([O-])c1ccc(N2CC3CNCC3C2)c(F)c1. The van der Waals surface area contributed by atoms with Crippen LogP contribution in [0.3, 0.4) is 0 Å². The second-order valence-electron chi connectivity index (χ2n) is 4.98. The van der Waals surface area contributed by atoms with Crippen LogP contribution in [0.4, 0.5) is 15.8 Å². The number of anilines is 1. The molecule has 2 fully saturated rings. The van der Waals surface area contributed by atoms with Gasteiger partial charge in [0.2, 0.25) is 0 Å². The van der Waals surface area contributed by atoms with E-state index in [2.05, 4.69) is 5.32 Å². The van der Waals surface area contributed by atoms with Crippen molar-refractivity contribution in [2.75, 3.05) is 31.1 Å². The number of hydrogen-bond donors (Lipinski definition) is 1. The molecule has 1 N–H and O–H groups in total. The normalized spacial score (nSPS) is 26.4. The maximum atomic E-state index is 13.9. The van der Waals surface area contributed by atoms with E-state index in [1.54, 1.807) is 0 Å². The van der Waals surface area contributed by atoms with Crippen LogP contribution >= 0.6 is 0 Å². The van der Waals surface area contributed by atoms with Gasteiger partial charge in [0, 0.05) is 32.2 Å². The first-order valence-electron chi connectivity index (χ1n) is 6.05. The number of nitro benzene ring substituents is 1. The highest BCUT2D eigenvalue weighted by atomic mass is 19.1. The van der Waals surface area contributed by atoms with Gasteiger partial charge < -0.3 is 10.2 Å². The standard InChI is InChI=1S/C12H14FN3O2/c13-11-3-10(16(17)18)1-2-12(11)15-6-8-4-14-5-9(8)7-15/h1-3,8-9,14H,4-7H2. The molecule has 0 aliphatic carbocycles. The zero-order valence-electron chi connectivity index (χ0n) is 9.80. The molecule has 0 radical (unpaired) electrons. The van der Waals surface area contributed by atoms with Crippen LogP contribution in [0.1, 0.15) is 0 Å². The Kier molecular flexibility index (Phi) is 2.66. The van der Waals surface area contributed by atoms with Crippen molar-refractivity contribution in [1.29, 1.82) is 0 Å². The molecule has 0 amide bonds. The Morgan fingerprint density at radius 3 is 2.56 bits per heavy atom. The lowest BCUT2D eigenvalue weighted by Gasteiger charge is -2.20. The summed E-state index contributed by atoms with van der Waals surface area (Å²) in [4.78, 5) is 12.0. The first-order chi connectivity index (χ1) is 8.65. The highest BCUT2D eigenvalue weighted by Crippen LogP contribution is 2.32. The molecule has 3 rings (SSSR count). The van der Waals surface area contributed by atoms with Gasteiger partial charge in [0.05, 0.1) is 16.7 Å². The molecule has 6 heteroatoms. The predicted molar refractivity (Wildman–Crippen MR) is 65.1 cm³/mol. The number of nitrogens with one attached hydrogen (secondary N) is 1. The Morgan fingerprint density at radius 1 is 1.33 bits per heavy atom. The van der Waals surface area contributed by atoms with Crippen LogP contribution in [0.5, 0.6) is 0 Å². The van der Waals surface area contributed by atoms with Crippen LogP contribution in [-0.4, -0.2) is 31.1 Å². The fraction of sp³-hybridized carbons (Fsp3) is 0.500. The zero-order chi connectivity index (χ0) is 12.7. The summed E-state index contributed by atoms with van der Waals surface area (Å²) in [6.45, 7) is 3.62. The van der Waals surface area contributed by atoms with Crippen LogP contribution < -0.4 is 10.2 Å². The van der Waals surface area contributed by atoms with Crippen LogP contribution in [0.2, 0.25) is 0 Å². The van der Waals surface area contributed by atoms with Crippen molar-refractivity contribution in [2.24, 2.45) is 11.8 Å². The fourth-order valence-corrected chi connectivity index (χ4v) is 2.92. The van der Waals surface area contributed by atoms with Gasteiger partial charge >= 0.3 is 0 Å². The van der Waals surface area contributed by atoms with E-state index < -0.39 is 10.7 Å². The molecule has 18 heavy (non-hydrogen) atoms. The minimum absolute atomic E-state index is 0.197. The lowest BCUT2D eigenvalue weighted by Crippen LogP contribution is -2.26. The quantitative estimate of drug-likeness (QED) is 0.637. The van der Waals surface area contributed by atoms with Gasteiger partial charge in [0.15, 0.2) is 5.82 Å². The van der Waals surface area contributed by atoms with Crippen molar-refractivity contribution in [3.05, 3.63) is 34.1 Å². The maximum Gasteiger partial charge on any atom is 0.272 e. The molecule has 2 aliphatic rings. The maximum absolute atomic E-state index is 13.9. The molecule has 0 saturated carbocycles. The van der Waals surface area contributed by atoms with Gasteiger partial charge in [0.1, 0.15) is 0 Å². The summed E-state index contributed by atoms with van der Waals surface area (Å²) in [6, 6.07) is 3.88. The third-order valence-corrected chi connectivity index (χ3v) is 3.87. The number of benzene rings is 1. The van der Waals surface area contributed by atoms with E-state index >= 15 is 0 Å². The molecule has 5 nitrogen and oxygen atoms in total. The van der Waals surface area contributed by atoms with Gasteiger partial charge in [-0.25, -0.2) is 4.39 Å². The highest BCUT2D eigenvalue weighted by Gasteiger charge is 2.37. The highest BCUT2D eigenvalue weighted by molar-refractivity contribution is 5.53. The second-order valence-corrected chi connectivity index (χ2v) is 4.98. The van der Waals surface area contributed by atoms with E-state index in [1.165, 1.54) is 12.1 Å². The van der Waals surface area contributed by atoms with Crippen molar-refractivity contribution in [3.63, 3.8) is 0 Å². The Labute approximate surface area is 104 Å². The summed E-state index contributed by atoms with van der Waals surface area (Å²) in [7, 11) is 0. The van der Waals surface area contributed by atoms with E-state index in [4.69, 9.17) is 0 Å². The second kappa shape index (κ2) is 4.20. The number of hydrogen-bond acceptors (Lipinski definition) is 4. The molecule has 2 unspecified atom stereocenters. The third-order valence-electron chi connectivity index (χ3n) is 3.87. The first kappa shape index (κ1) is 11.4. The van der Waals surface area contributed by atoms with Crippen LogP contribution in [0, 0.1) is 27.8 Å². The van der Waals surface area contributed by atoms with Crippen molar-refractivity contribution >= 4 is 11.4 Å². The van der Waals surface area contributed by atoms with Gasteiger partial charge in [-0.3, -0.25) is 10.1 Å². The predicted octanol–water partition coefficient (Wildman–Crippen LogP) is 1.39. The molecule has 2 aliphatic heterocycles. The average molecular weight is 251 g/mol. The molecule has 1 aromatic carbocycles. The summed E-state index contributed by atoms with van der Waals surface area (Å²) in [5.41, 5.74) is 0.285. The third kappa shape index (κ3) is 1.82. The van der Waals surface area contributed by atoms with Gasteiger partial charge in [-0.1, -0.05) is 0 Å². The minimum Gasteiger partial charge on any atom is -0.368 e. The number of nitrogens with zero attached hydrogens (tertiary/aromatic N) is 2. The molecule has 96 valence electrons. The Bertz CT molecular complexity index is 482. The number of nitro groups is 1. The van der Waals surface area contributed by atoms with E-state index in [1.807, 2.05) is 4.90 Å². The molecule has 2 saturated heterocycles. The molecular formula is C12H14FN3O2. The zero-order valence-corrected chi connectivity index (χ0v) is 9.80. The Morgan fingerprint density at radius 2 is 2.00 bits per heavy atom. The van der Waals surface area contributed by atoms with E-state index in [-0.39, 0.29) is 5.69 Å². The van der Waals surface area contributed by atoms with Gasteiger partial charge in [-0.15, -0.1) is 0 Å². The molecule has 2 atom stereocenters. The van der Waals surface area contributed by atoms with Crippen molar-refractivity contribution < 1.29 is 9.31 Å². The molecule has 2 heterocycles. The number of halogens is 1. The summed E-state index contributed by atoms with van der Waals surface area (Å²) < 4.78 is 13.9. The number of fused-ring (bicyclic) bond motifs is 1. The lowest BCUT2D eigenvalue weighted by atomic mass is 10.0. The van der Waals surface area contributed by atoms with Crippen LogP contribution in [0.15, 0.2) is 18.2 Å². The fourth-order valence-electron chi connectivity index (χ4n) is 2.92. The van der Waals surface area contributed by atoms with E-state index in [0.717, 1.165) is 32.2 Å². The van der Waals surface area contributed by atoms with E-state index in [0.29, 0.717) is 17.5 Å². The lowest BCUT2D eigenvalue weighted by molar-refractivity contribution is -0.385. The summed E-state index contributed by atoms with van der Waals surface area (Å²) in [5.74, 6) is 0.635. The molecule has 1 aromatic rings. The van der Waals surface area contributed by atoms with Crippen molar-refractivity contribution in [1.82, 2.24) is 5.32 Å². The van der Waals surface area contributed by atoms with Crippen molar-refractivity contribution in [2.45, 2.75) is 0 Å². The molecule has 0 bridgehead atoms. The van der Waals surface area contributed by atoms with Crippen LogP contribution in [0.25, 0.3) is 0 Å². The van der Waals surface area contributed by atoms with Gasteiger partial charge in [0.25, 0.3) is 5.69 Å². The topological polar surface area (TPSA) is 58.4 Å². The summed E-state index contributed by atoms with van der Waals surface area (Å²) in [5, 5.41) is 13.9. The largest absolute Gasteiger partial charge is 0.368 e. The van der Waals surface area contributed by atoms with Crippen molar-refractivity contribution in [3.8, 4) is 0 Å². The minimum atomic E-state index is -0.574. The molecule has 0 aromatic heterocycles. The summed E-state index contributed by atoms with van der Waals surface area (Å²) >= 11 is 0. The molecular weight excluding hydrogens is 237 g/mol. The Balaban J connectivity index is 1.83. The molecule has 0 spiro atoms. The average Bonchev–Trinajstić information content (AvgIpc) is 2.88. The van der Waals surface area contributed by atoms with E-state index in [9.17, 15) is 14.5 Å². The van der Waals surface area contributed by atoms with Gasteiger partial charge in [-0.2, -0.15) is 0 Å². The Hall–Kier alpha value is -1.69. The van der Waals surface area contributed by atoms with Gasteiger partial charge in [-0.05, 0) is 17.9 Å². The summed E-state index contributed by atoms with van der Waals surface area (Å²) in [6.07, 6.45) is 0. The number of non-ortho nitro benzene ring substituents is 1. The smallest absolute Gasteiger partial charge is 0.272 e. The number of rotatable bonds is 2. The monoisotopic (exact) mass is 251 g/mol.